The summed E-state index contributed by atoms with van der Waals surface area (Å²) >= 11 is 0. The van der Waals surface area contributed by atoms with Crippen LogP contribution in [0.4, 0.5) is 17.1 Å². The summed E-state index contributed by atoms with van der Waals surface area (Å²) in [6.07, 6.45) is 0. The Morgan fingerprint density at radius 2 is 0.767 bits per heavy atom. The van der Waals surface area contributed by atoms with E-state index in [9.17, 15) is 0 Å². The van der Waals surface area contributed by atoms with E-state index in [2.05, 4.69) is 244 Å². The Kier molecular flexibility index (Phi) is 8.36. The van der Waals surface area contributed by atoms with Gasteiger partial charge in [-0.15, -0.1) is 0 Å². The summed E-state index contributed by atoms with van der Waals surface area (Å²) in [5, 5.41) is 0. The number of rotatable bonds is 7. The van der Waals surface area contributed by atoms with Crippen LogP contribution in [-0.2, 0) is 10.8 Å². The Morgan fingerprint density at radius 1 is 0.317 bits per heavy atom. The highest BCUT2D eigenvalue weighted by molar-refractivity contribution is 5.95. The molecule has 9 aromatic carbocycles. The van der Waals surface area contributed by atoms with Gasteiger partial charge in [0, 0.05) is 27.8 Å². The van der Waals surface area contributed by atoms with Crippen LogP contribution < -0.4 is 4.90 Å². The molecule has 1 heteroatoms. The molecule has 286 valence electrons. The highest BCUT2D eigenvalue weighted by Gasteiger charge is 2.41. The summed E-state index contributed by atoms with van der Waals surface area (Å²) in [6.45, 7) is 7.17. The summed E-state index contributed by atoms with van der Waals surface area (Å²) in [6, 6.07) is 80.6. The highest BCUT2D eigenvalue weighted by Crippen LogP contribution is 2.56. The first-order valence-electron chi connectivity index (χ1n) is 21.1. The van der Waals surface area contributed by atoms with Gasteiger partial charge in [0.15, 0.2) is 0 Å². The lowest BCUT2D eigenvalue weighted by molar-refractivity contribution is 0.662. The second-order valence-electron chi connectivity index (χ2n) is 17.0. The quantitative estimate of drug-likeness (QED) is 0.156. The number of fused-ring (bicyclic) bond motifs is 6. The lowest BCUT2D eigenvalue weighted by Gasteiger charge is -2.32. The molecule has 60 heavy (non-hydrogen) atoms. The van der Waals surface area contributed by atoms with Crippen LogP contribution in [-0.4, -0.2) is 0 Å². The second kappa shape index (κ2) is 14.0. The van der Waals surface area contributed by atoms with Gasteiger partial charge in [-0.1, -0.05) is 202 Å². The molecule has 9 aromatic rings. The van der Waals surface area contributed by atoms with Crippen LogP contribution in [0.25, 0.3) is 55.6 Å². The van der Waals surface area contributed by atoms with Gasteiger partial charge >= 0.3 is 0 Å². The van der Waals surface area contributed by atoms with Gasteiger partial charge in [-0.3, -0.25) is 0 Å². The van der Waals surface area contributed by atoms with Crippen molar-refractivity contribution in [1.29, 1.82) is 0 Å². The van der Waals surface area contributed by atoms with Crippen LogP contribution in [0.5, 0.6) is 0 Å². The number of para-hydroxylation sites is 1. The van der Waals surface area contributed by atoms with E-state index < -0.39 is 0 Å². The summed E-state index contributed by atoms with van der Waals surface area (Å²) in [4.78, 5) is 2.49. The number of hydrogen-bond donors (Lipinski definition) is 0. The Labute approximate surface area is 353 Å². The Hall–Kier alpha value is -7.22. The van der Waals surface area contributed by atoms with Crippen molar-refractivity contribution in [2.45, 2.75) is 31.6 Å². The molecule has 11 rings (SSSR count). The summed E-state index contributed by atoms with van der Waals surface area (Å²) in [7, 11) is 0. The Bertz CT molecular complexity index is 3050. The molecule has 1 nitrogen and oxygen atoms in total. The van der Waals surface area contributed by atoms with Crippen LogP contribution in [0, 0.1) is 0 Å². The number of hydrogen-bond acceptors (Lipinski definition) is 1. The van der Waals surface area contributed by atoms with Crippen molar-refractivity contribution >= 4 is 17.1 Å². The molecule has 1 atom stereocenters. The molecular formula is C59H45N. The maximum atomic E-state index is 2.49. The third kappa shape index (κ3) is 5.53. The molecule has 2 aliphatic carbocycles. The molecule has 0 bridgehead atoms. The first kappa shape index (κ1) is 35.9. The third-order valence-electron chi connectivity index (χ3n) is 13.4. The van der Waals surface area contributed by atoms with Gasteiger partial charge in [0.25, 0.3) is 0 Å². The standard InChI is InChI=1S/C59H45N/c1-58(2)53-26-13-10-22-48(53)51-24-16-25-52(57(51)58)50-23-12-15-28-56(50)60(45-35-33-43(34-36-45)42-31-29-41(30-32-42)40-17-6-4-7-18-40)46-37-38-49-47-21-11-14-27-54(47)59(3,55(49)39-46)44-19-8-5-9-20-44/h4-39H,1-3H3. The summed E-state index contributed by atoms with van der Waals surface area (Å²) in [5.41, 5.74) is 22.2. The molecule has 0 fully saturated rings. The van der Waals surface area contributed by atoms with Crippen molar-refractivity contribution in [3.63, 3.8) is 0 Å². The van der Waals surface area contributed by atoms with E-state index in [1.807, 2.05) is 0 Å². The lowest BCUT2D eigenvalue weighted by Crippen LogP contribution is -2.23. The van der Waals surface area contributed by atoms with Crippen molar-refractivity contribution in [3.05, 3.63) is 246 Å². The van der Waals surface area contributed by atoms with Gasteiger partial charge in [-0.05, 0) is 115 Å². The minimum absolute atomic E-state index is 0.158. The molecule has 0 saturated heterocycles. The van der Waals surface area contributed by atoms with Crippen molar-refractivity contribution < 1.29 is 0 Å². The fourth-order valence-electron chi connectivity index (χ4n) is 10.4. The number of anilines is 3. The van der Waals surface area contributed by atoms with Crippen LogP contribution in [0.3, 0.4) is 0 Å². The maximum absolute atomic E-state index is 2.49. The molecule has 1 unspecified atom stereocenters. The molecule has 0 aromatic heterocycles. The molecule has 0 saturated carbocycles. The molecule has 0 N–H and O–H groups in total. The van der Waals surface area contributed by atoms with E-state index in [4.69, 9.17) is 0 Å². The Morgan fingerprint density at radius 3 is 1.43 bits per heavy atom. The normalized spacial score (nSPS) is 15.4. The zero-order valence-corrected chi connectivity index (χ0v) is 34.2. The fraction of sp³-hybridized carbons (Fsp3) is 0.0847. The van der Waals surface area contributed by atoms with E-state index in [0.717, 1.165) is 17.1 Å². The summed E-state index contributed by atoms with van der Waals surface area (Å²) < 4.78 is 0. The van der Waals surface area contributed by atoms with E-state index in [-0.39, 0.29) is 10.8 Å². The molecule has 2 aliphatic rings. The SMILES string of the molecule is CC1(C)c2ccccc2-c2cccc(-c3ccccc3N(c3ccc(-c4ccc(-c5ccccc5)cc4)cc3)c3ccc4c(c3)C(C)(c3ccccc3)c3ccccc3-4)c21. The van der Waals surface area contributed by atoms with Crippen molar-refractivity contribution in [1.82, 2.24) is 0 Å². The lowest BCUT2D eigenvalue weighted by atomic mass is 9.74. The van der Waals surface area contributed by atoms with Gasteiger partial charge in [-0.2, -0.15) is 0 Å². The van der Waals surface area contributed by atoms with E-state index in [1.54, 1.807) is 0 Å². The first-order chi connectivity index (χ1) is 29.4. The average molecular weight is 768 g/mol. The number of nitrogens with zero attached hydrogens (tertiary/aromatic N) is 1. The zero-order valence-electron chi connectivity index (χ0n) is 34.2. The molecule has 0 amide bonds. The van der Waals surface area contributed by atoms with E-state index in [1.165, 1.54) is 83.5 Å². The second-order valence-corrected chi connectivity index (χ2v) is 17.0. The minimum atomic E-state index is -0.319. The topological polar surface area (TPSA) is 3.24 Å². The van der Waals surface area contributed by atoms with Gasteiger partial charge in [0.1, 0.15) is 0 Å². The smallest absolute Gasteiger partial charge is 0.0540 e. The maximum Gasteiger partial charge on any atom is 0.0540 e. The Balaban J connectivity index is 1.09. The van der Waals surface area contributed by atoms with Crippen LogP contribution >= 0.6 is 0 Å². The van der Waals surface area contributed by atoms with Gasteiger partial charge in [0.05, 0.1) is 5.69 Å². The van der Waals surface area contributed by atoms with Crippen molar-refractivity contribution in [3.8, 4) is 55.6 Å². The minimum Gasteiger partial charge on any atom is -0.310 e. The first-order valence-corrected chi connectivity index (χ1v) is 21.1. The fourth-order valence-corrected chi connectivity index (χ4v) is 10.4. The zero-order chi connectivity index (χ0) is 40.4. The van der Waals surface area contributed by atoms with Crippen LogP contribution in [0.1, 0.15) is 48.6 Å². The summed E-state index contributed by atoms with van der Waals surface area (Å²) in [5.74, 6) is 0. The molecule has 0 aliphatic heterocycles. The highest BCUT2D eigenvalue weighted by atomic mass is 15.1. The van der Waals surface area contributed by atoms with E-state index in [0.29, 0.717) is 0 Å². The molecule has 0 spiro atoms. The van der Waals surface area contributed by atoms with Gasteiger partial charge < -0.3 is 4.90 Å². The van der Waals surface area contributed by atoms with Gasteiger partial charge in [0.2, 0.25) is 0 Å². The van der Waals surface area contributed by atoms with Crippen molar-refractivity contribution in [2.24, 2.45) is 0 Å². The predicted octanol–water partition coefficient (Wildman–Crippen LogP) is 15.8. The average Bonchev–Trinajstić information content (AvgIpc) is 3.71. The predicted molar refractivity (Wildman–Crippen MR) is 252 cm³/mol. The van der Waals surface area contributed by atoms with E-state index >= 15 is 0 Å². The number of benzene rings is 9. The molecule has 0 heterocycles. The molecule has 0 radical (unpaired) electrons. The molecular weight excluding hydrogens is 723 g/mol. The van der Waals surface area contributed by atoms with Gasteiger partial charge in [-0.25, -0.2) is 0 Å². The van der Waals surface area contributed by atoms with Crippen molar-refractivity contribution in [2.75, 3.05) is 4.90 Å². The third-order valence-corrected chi connectivity index (χ3v) is 13.4. The van der Waals surface area contributed by atoms with Crippen LogP contribution in [0.2, 0.25) is 0 Å². The monoisotopic (exact) mass is 767 g/mol. The largest absolute Gasteiger partial charge is 0.310 e. The van der Waals surface area contributed by atoms with Crippen LogP contribution in [0.15, 0.2) is 218 Å².